The lowest BCUT2D eigenvalue weighted by atomic mass is 10.5. The summed E-state index contributed by atoms with van der Waals surface area (Å²) in [5.74, 6) is -0.272. The summed E-state index contributed by atoms with van der Waals surface area (Å²) >= 11 is 1.16. The zero-order valence-corrected chi connectivity index (χ0v) is 13.0. The van der Waals surface area contributed by atoms with Crippen LogP contribution < -0.4 is 11.2 Å². The van der Waals surface area contributed by atoms with Gasteiger partial charge in [0.05, 0.1) is 11.9 Å². The molecule has 1 N–H and O–H groups in total. The van der Waals surface area contributed by atoms with Gasteiger partial charge in [-0.25, -0.2) is 9.78 Å². The number of imidazole rings is 1. The second-order valence-electron chi connectivity index (χ2n) is 4.77. The Balaban J connectivity index is 2.34. The van der Waals surface area contributed by atoms with Gasteiger partial charge in [0.1, 0.15) is 0 Å². The minimum atomic E-state index is -0.527. The number of aromatic amines is 1. The van der Waals surface area contributed by atoms with E-state index in [4.69, 9.17) is 4.74 Å². The molecule has 0 amide bonds. The molecule has 0 aliphatic carbocycles. The normalized spacial score (nSPS) is 11.3. The van der Waals surface area contributed by atoms with E-state index in [9.17, 15) is 14.4 Å². The molecular formula is C12H16N4O4S. The molecule has 0 aliphatic rings. The maximum atomic E-state index is 11.8. The average molecular weight is 312 g/mol. The minimum absolute atomic E-state index is 0.0845. The SMILES string of the molecule is CC(C)OC(=O)CSc1nc2c(c(=O)[nH]c(=O)n2C)n1C. The van der Waals surface area contributed by atoms with E-state index in [1.54, 1.807) is 25.5 Å². The van der Waals surface area contributed by atoms with Gasteiger partial charge in [-0.2, -0.15) is 0 Å². The molecule has 0 fully saturated rings. The van der Waals surface area contributed by atoms with Gasteiger partial charge in [0.15, 0.2) is 16.3 Å². The highest BCUT2D eigenvalue weighted by Crippen LogP contribution is 2.20. The fourth-order valence-corrected chi connectivity index (χ4v) is 2.59. The molecule has 0 aliphatic heterocycles. The van der Waals surface area contributed by atoms with Gasteiger partial charge >= 0.3 is 11.7 Å². The Kier molecular flexibility index (Phi) is 4.21. The van der Waals surface area contributed by atoms with Crippen molar-refractivity contribution in [3.63, 3.8) is 0 Å². The molecular weight excluding hydrogens is 296 g/mol. The summed E-state index contributed by atoms with van der Waals surface area (Å²) in [5, 5.41) is 0.470. The van der Waals surface area contributed by atoms with Crippen molar-refractivity contribution in [2.45, 2.75) is 25.1 Å². The van der Waals surface area contributed by atoms with Crippen molar-refractivity contribution in [1.29, 1.82) is 0 Å². The maximum Gasteiger partial charge on any atom is 0.329 e. The van der Waals surface area contributed by atoms with Crippen LogP contribution >= 0.6 is 11.8 Å². The summed E-state index contributed by atoms with van der Waals surface area (Å²) in [6.45, 7) is 3.54. The van der Waals surface area contributed by atoms with Crippen molar-refractivity contribution >= 4 is 28.9 Å². The van der Waals surface area contributed by atoms with Crippen LogP contribution in [0.5, 0.6) is 0 Å². The molecule has 0 unspecified atom stereocenters. The van der Waals surface area contributed by atoms with Crippen LogP contribution in [0.4, 0.5) is 0 Å². The lowest BCUT2D eigenvalue weighted by Crippen LogP contribution is -2.29. The lowest BCUT2D eigenvalue weighted by Gasteiger charge is -2.07. The van der Waals surface area contributed by atoms with Gasteiger partial charge in [-0.15, -0.1) is 0 Å². The van der Waals surface area contributed by atoms with Crippen LogP contribution in [0.3, 0.4) is 0 Å². The highest BCUT2D eigenvalue weighted by molar-refractivity contribution is 7.99. The molecule has 2 heterocycles. The standard InChI is InChI=1S/C12H16N4O4S/c1-6(2)20-7(17)5-21-12-13-9-8(15(12)3)10(18)14-11(19)16(9)4/h6H,5H2,1-4H3,(H,14,18,19). The number of thioether (sulfide) groups is 1. The molecule has 9 heteroatoms. The second kappa shape index (κ2) is 5.76. The number of hydrogen-bond acceptors (Lipinski definition) is 6. The number of carbonyl (C=O) groups is 1. The molecule has 0 saturated heterocycles. The first-order valence-corrected chi connectivity index (χ1v) is 7.27. The summed E-state index contributed by atoms with van der Waals surface area (Å²) in [4.78, 5) is 41.4. The molecule has 2 rings (SSSR count). The molecule has 0 aromatic carbocycles. The Hall–Kier alpha value is -2.03. The number of fused-ring (bicyclic) bond motifs is 1. The monoisotopic (exact) mass is 312 g/mol. The summed E-state index contributed by atoms with van der Waals surface area (Å²) < 4.78 is 7.85. The van der Waals surface area contributed by atoms with E-state index < -0.39 is 11.2 Å². The Bertz CT molecular complexity index is 802. The van der Waals surface area contributed by atoms with Crippen LogP contribution in [0.1, 0.15) is 13.8 Å². The number of hydrogen-bond donors (Lipinski definition) is 1. The lowest BCUT2D eigenvalue weighted by molar-refractivity contribution is -0.144. The molecule has 0 spiro atoms. The molecule has 2 aromatic rings. The summed E-state index contributed by atoms with van der Waals surface area (Å²) in [7, 11) is 3.18. The van der Waals surface area contributed by atoms with Crippen molar-refractivity contribution < 1.29 is 9.53 Å². The number of carbonyl (C=O) groups excluding carboxylic acids is 1. The summed E-state index contributed by atoms with van der Waals surface area (Å²) in [5.41, 5.74) is -0.455. The van der Waals surface area contributed by atoms with Gasteiger partial charge in [-0.05, 0) is 13.8 Å². The van der Waals surface area contributed by atoms with E-state index in [1.165, 1.54) is 11.6 Å². The van der Waals surface area contributed by atoms with E-state index in [-0.39, 0.29) is 29.0 Å². The maximum absolute atomic E-state index is 11.8. The van der Waals surface area contributed by atoms with E-state index >= 15 is 0 Å². The van der Waals surface area contributed by atoms with Crippen molar-refractivity contribution in [3.8, 4) is 0 Å². The van der Waals surface area contributed by atoms with Crippen LogP contribution in [0.25, 0.3) is 11.2 Å². The van der Waals surface area contributed by atoms with Crippen molar-refractivity contribution in [2.75, 3.05) is 5.75 Å². The van der Waals surface area contributed by atoms with Gasteiger partial charge in [0, 0.05) is 14.1 Å². The molecule has 2 aromatic heterocycles. The number of rotatable bonds is 4. The van der Waals surface area contributed by atoms with Crippen LogP contribution in [-0.2, 0) is 23.6 Å². The van der Waals surface area contributed by atoms with E-state index in [1.807, 2.05) is 0 Å². The predicted octanol–water partition coefficient (Wildman–Crippen LogP) is 0.00400. The number of nitrogens with one attached hydrogen (secondary N) is 1. The Labute approximate surface area is 124 Å². The minimum Gasteiger partial charge on any atom is -0.462 e. The van der Waals surface area contributed by atoms with Crippen LogP contribution in [0.15, 0.2) is 14.7 Å². The van der Waals surface area contributed by atoms with Gasteiger partial charge in [-0.1, -0.05) is 11.8 Å². The molecule has 8 nitrogen and oxygen atoms in total. The first kappa shape index (κ1) is 15.4. The Morgan fingerprint density at radius 1 is 1.33 bits per heavy atom. The largest absolute Gasteiger partial charge is 0.462 e. The number of aryl methyl sites for hydroxylation is 2. The quantitative estimate of drug-likeness (QED) is 0.630. The molecule has 21 heavy (non-hydrogen) atoms. The van der Waals surface area contributed by atoms with E-state index in [2.05, 4.69) is 9.97 Å². The third kappa shape index (κ3) is 3.02. The van der Waals surface area contributed by atoms with Crippen LogP contribution in [0.2, 0.25) is 0 Å². The predicted molar refractivity (Wildman–Crippen MR) is 78.5 cm³/mol. The topological polar surface area (TPSA) is 99.0 Å². The molecule has 0 radical (unpaired) electrons. The van der Waals surface area contributed by atoms with Gasteiger partial charge in [0.25, 0.3) is 5.56 Å². The zero-order valence-electron chi connectivity index (χ0n) is 12.2. The highest BCUT2D eigenvalue weighted by Gasteiger charge is 2.16. The van der Waals surface area contributed by atoms with Crippen LogP contribution in [0, 0.1) is 0 Å². The smallest absolute Gasteiger partial charge is 0.329 e. The third-order valence-electron chi connectivity index (χ3n) is 2.78. The fraction of sp³-hybridized carbons (Fsp3) is 0.500. The van der Waals surface area contributed by atoms with Gasteiger partial charge in [0.2, 0.25) is 0 Å². The van der Waals surface area contributed by atoms with Crippen molar-refractivity contribution in [3.05, 3.63) is 20.8 Å². The average Bonchev–Trinajstić information content (AvgIpc) is 2.71. The van der Waals surface area contributed by atoms with E-state index in [0.717, 1.165) is 11.8 Å². The Morgan fingerprint density at radius 2 is 2.00 bits per heavy atom. The van der Waals surface area contributed by atoms with Gasteiger partial charge in [-0.3, -0.25) is 19.1 Å². The number of nitrogens with zero attached hydrogens (tertiary/aromatic N) is 3. The van der Waals surface area contributed by atoms with Crippen LogP contribution in [-0.4, -0.2) is 36.9 Å². The Morgan fingerprint density at radius 3 is 2.62 bits per heavy atom. The fourth-order valence-electron chi connectivity index (χ4n) is 1.84. The molecule has 0 saturated carbocycles. The summed E-state index contributed by atoms with van der Waals surface area (Å²) in [6.07, 6.45) is -0.179. The summed E-state index contributed by atoms with van der Waals surface area (Å²) in [6, 6.07) is 0. The van der Waals surface area contributed by atoms with Crippen molar-refractivity contribution in [2.24, 2.45) is 14.1 Å². The number of esters is 1. The molecule has 114 valence electrons. The molecule has 0 atom stereocenters. The number of H-pyrrole nitrogens is 1. The third-order valence-corrected chi connectivity index (χ3v) is 3.78. The van der Waals surface area contributed by atoms with Crippen molar-refractivity contribution in [1.82, 2.24) is 19.1 Å². The first-order chi connectivity index (χ1) is 9.81. The number of ether oxygens (including phenoxy) is 1. The van der Waals surface area contributed by atoms with E-state index in [0.29, 0.717) is 5.16 Å². The molecule has 0 bridgehead atoms. The highest BCUT2D eigenvalue weighted by atomic mass is 32.2. The number of aromatic nitrogens is 4. The zero-order chi connectivity index (χ0) is 15.7. The van der Waals surface area contributed by atoms with Gasteiger partial charge < -0.3 is 9.30 Å². The second-order valence-corrected chi connectivity index (χ2v) is 5.71. The first-order valence-electron chi connectivity index (χ1n) is 6.29.